The molecule has 0 heterocycles. The van der Waals surface area contributed by atoms with Crippen LogP contribution in [0.15, 0.2) is 23.3 Å². The third-order valence-corrected chi connectivity index (χ3v) is 3.47. The Bertz CT molecular complexity index is 509. The second-order valence-corrected chi connectivity index (χ2v) is 5.56. The Morgan fingerprint density at radius 3 is 2.22 bits per heavy atom. The van der Waals surface area contributed by atoms with Crippen molar-refractivity contribution in [3.63, 3.8) is 0 Å². The van der Waals surface area contributed by atoms with E-state index in [2.05, 4.69) is 6.92 Å². The topological polar surface area (TPSA) is 138 Å². The van der Waals surface area contributed by atoms with Crippen LogP contribution in [-0.2, 0) is 14.4 Å². The zero-order chi connectivity index (χ0) is 18.0. The van der Waals surface area contributed by atoms with E-state index in [1.54, 1.807) is 6.92 Å². The summed E-state index contributed by atoms with van der Waals surface area (Å²) in [5.41, 5.74) is 4.85. The van der Waals surface area contributed by atoms with Gasteiger partial charge in [0.2, 0.25) is 0 Å². The van der Waals surface area contributed by atoms with Crippen molar-refractivity contribution in [2.75, 3.05) is 6.54 Å². The Kier molecular flexibility index (Phi) is 8.87. The molecular weight excluding hydrogens is 302 g/mol. The molecule has 0 bridgehead atoms. The zero-order valence-electron chi connectivity index (χ0n) is 13.5. The Morgan fingerprint density at radius 1 is 1.22 bits per heavy atom. The fourth-order valence-corrected chi connectivity index (χ4v) is 2.21. The molecule has 0 aromatic rings. The third-order valence-electron chi connectivity index (χ3n) is 3.47. The van der Waals surface area contributed by atoms with Crippen LogP contribution in [0.3, 0.4) is 0 Å². The van der Waals surface area contributed by atoms with Gasteiger partial charge in [0.05, 0.1) is 0 Å². The number of carboxylic acids is 3. The lowest BCUT2D eigenvalue weighted by Gasteiger charge is -2.28. The van der Waals surface area contributed by atoms with Gasteiger partial charge in [-0.25, -0.2) is 4.79 Å². The number of hydrogen-bond acceptors (Lipinski definition) is 4. The number of nitrogens with two attached hydrogens (primary N) is 1. The van der Waals surface area contributed by atoms with E-state index in [-0.39, 0.29) is 18.5 Å². The van der Waals surface area contributed by atoms with Crippen molar-refractivity contribution in [2.24, 2.45) is 11.1 Å². The van der Waals surface area contributed by atoms with Crippen LogP contribution in [-0.4, -0.2) is 39.8 Å². The Balaban J connectivity index is 0.000000515. The minimum absolute atomic E-state index is 0.0640. The molecule has 0 spiro atoms. The van der Waals surface area contributed by atoms with E-state index < -0.39 is 23.3 Å². The number of unbranched alkanes of at least 4 members (excludes halogenated alkanes) is 2. The van der Waals surface area contributed by atoms with Crippen molar-refractivity contribution in [3.05, 3.63) is 23.3 Å². The molecule has 1 aliphatic carbocycles. The Hall–Kier alpha value is -2.15. The van der Waals surface area contributed by atoms with Crippen LogP contribution >= 0.6 is 0 Å². The van der Waals surface area contributed by atoms with Crippen molar-refractivity contribution in [2.45, 2.75) is 46.0 Å². The summed E-state index contributed by atoms with van der Waals surface area (Å²) in [6.07, 6.45) is 6.20. The van der Waals surface area contributed by atoms with Crippen LogP contribution < -0.4 is 5.73 Å². The molecule has 1 aliphatic rings. The van der Waals surface area contributed by atoms with Crippen molar-refractivity contribution >= 4 is 17.9 Å². The average molecular weight is 327 g/mol. The number of allylic oxidation sites excluding steroid dienone is 2. The van der Waals surface area contributed by atoms with E-state index in [1.165, 1.54) is 12.2 Å². The van der Waals surface area contributed by atoms with Crippen molar-refractivity contribution < 1.29 is 29.7 Å². The number of carbonyl (C=O) groups is 3. The molecule has 0 unspecified atom stereocenters. The molecule has 1 atom stereocenters. The summed E-state index contributed by atoms with van der Waals surface area (Å²) in [6.45, 7) is 3.61. The van der Waals surface area contributed by atoms with Gasteiger partial charge in [-0.2, -0.15) is 0 Å². The predicted molar refractivity (Wildman–Crippen MR) is 85.0 cm³/mol. The molecule has 0 aliphatic heterocycles. The lowest BCUT2D eigenvalue weighted by atomic mass is 9.76. The summed E-state index contributed by atoms with van der Waals surface area (Å²) in [4.78, 5) is 31.7. The Morgan fingerprint density at radius 2 is 1.83 bits per heavy atom. The molecule has 0 amide bonds. The van der Waals surface area contributed by atoms with Crippen LogP contribution in [0.2, 0.25) is 0 Å². The average Bonchev–Trinajstić information content (AvgIpc) is 2.46. The summed E-state index contributed by atoms with van der Waals surface area (Å²) >= 11 is 0. The van der Waals surface area contributed by atoms with E-state index in [9.17, 15) is 14.4 Å². The fourth-order valence-electron chi connectivity index (χ4n) is 2.21. The maximum absolute atomic E-state index is 11.1. The molecule has 0 aromatic carbocycles. The normalized spacial score (nSPS) is 19.8. The minimum atomic E-state index is -1.27. The number of aliphatic carboxylic acids is 3. The van der Waals surface area contributed by atoms with Gasteiger partial charge in [-0.15, -0.1) is 0 Å². The van der Waals surface area contributed by atoms with Crippen LogP contribution in [0, 0.1) is 5.41 Å². The van der Waals surface area contributed by atoms with Crippen molar-refractivity contribution in [1.29, 1.82) is 0 Å². The summed E-state index contributed by atoms with van der Waals surface area (Å²) in [5.74, 6) is -2.86. The molecule has 7 heteroatoms. The summed E-state index contributed by atoms with van der Waals surface area (Å²) in [7, 11) is 0. The quantitative estimate of drug-likeness (QED) is 0.525. The largest absolute Gasteiger partial charge is 0.481 e. The molecule has 130 valence electrons. The van der Waals surface area contributed by atoms with Crippen LogP contribution in [0.1, 0.15) is 46.0 Å². The predicted octanol–water partition coefficient (Wildman–Crippen LogP) is 2.03. The molecule has 5 N–H and O–H groups in total. The van der Waals surface area contributed by atoms with Gasteiger partial charge in [0, 0.05) is 25.0 Å². The molecule has 1 rings (SSSR count). The maximum Gasteiger partial charge on any atom is 0.331 e. The minimum Gasteiger partial charge on any atom is -0.481 e. The summed E-state index contributed by atoms with van der Waals surface area (Å²) in [5, 5.41) is 26.0. The molecule has 23 heavy (non-hydrogen) atoms. The first-order valence-electron chi connectivity index (χ1n) is 7.47. The van der Waals surface area contributed by atoms with E-state index in [0.29, 0.717) is 12.0 Å². The lowest BCUT2D eigenvalue weighted by Crippen LogP contribution is -2.39. The molecule has 0 aromatic heterocycles. The zero-order valence-corrected chi connectivity index (χ0v) is 13.5. The van der Waals surface area contributed by atoms with Crippen molar-refractivity contribution in [1.82, 2.24) is 0 Å². The Labute approximate surface area is 135 Å². The van der Waals surface area contributed by atoms with Gasteiger partial charge in [0.15, 0.2) is 0 Å². The second-order valence-electron chi connectivity index (χ2n) is 5.56. The first kappa shape index (κ1) is 20.9. The third kappa shape index (κ3) is 7.10. The van der Waals surface area contributed by atoms with Gasteiger partial charge in [0.1, 0.15) is 5.41 Å². The molecule has 0 saturated carbocycles. The lowest BCUT2D eigenvalue weighted by molar-refractivity contribution is -0.146. The van der Waals surface area contributed by atoms with Gasteiger partial charge in [-0.3, -0.25) is 9.59 Å². The fraction of sp³-hybridized carbons (Fsp3) is 0.562. The SMILES string of the molecule is CC1=C[C@@](CN)(C(=O)O)CC(C(=O)O)=C1.CCCCCC(=O)O. The van der Waals surface area contributed by atoms with Crippen LogP contribution in [0.5, 0.6) is 0 Å². The van der Waals surface area contributed by atoms with Gasteiger partial charge < -0.3 is 21.1 Å². The smallest absolute Gasteiger partial charge is 0.331 e. The standard InChI is InChI=1S/C10H13NO4.C6H12O2/c1-6-2-7(8(12)13)4-10(3-6,5-11)9(14)15;1-2-3-4-5-6(7)8/h2-3H,4-5,11H2,1H3,(H,12,13)(H,14,15);2-5H2,1H3,(H,7,8)/t10-;/m1./s1. The maximum atomic E-state index is 11.1. The number of carboxylic acid groups (broad SMARTS) is 3. The van der Waals surface area contributed by atoms with Crippen LogP contribution in [0.4, 0.5) is 0 Å². The number of hydrogen-bond donors (Lipinski definition) is 4. The molecule has 7 nitrogen and oxygen atoms in total. The molecule has 0 fully saturated rings. The van der Waals surface area contributed by atoms with Gasteiger partial charge >= 0.3 is 17.9 Å². The first-order chi connectivity index (χ1) is 10.7. The number of rotatable bonds is 7. The highest BCUT2D eigenvalue weighted by Crippen LogP contribution is 2.33. The monoisotopic (exact) mass is 327 g/mol. The highest BCUT2D eigenvalue weighted by atomic mass is 16.4. The molecule has 0 saturated heterocycles. The summed E-state index contributed by atoms with van der Waals surface area (Å²) < 4.78 is 0. The van der Waals surface area contributed by atoms with Gasteiger partial charge in [-0.1, -0.05) is 31.4 Å². The van der Waals surface area contributed by atoms with Gasteiger partial charge in [-0.05, 0) is 19.4 Å². The second kappa shape index (κ2) is 9.78. The highest BCUT2D eigenvalue weighted by molar-refractivity contribution is 5.90. The van der Waals surface area contributed by atoms with E-state index >= 15 is 0 Å². The molecular formula is C16H25NO6. The first-order valence-corrected chi connectivity index (χ1v) is 7.47. The van der Waals surface area contributed by atoms with Crippen LogP contribution in [0.25, 0.3) is 0 Å². The molecule has 0 radical (unpaired) electrons. The van der Waals surface area contributed by atoms with E-state index in [0.717, 1.165) is 19.3 Å². The van der Waals surface area contributed by atoms with Gasteiger partial charge in [0.25, 0.3) is 0 Å². The van der Waals surface area contributed by atoms with E-state index in [4.69, 9.17) is 21.1 Å². The highest BCUT2D eigenvalue weighted by Gasteiger charge is 2.39. The summed E-state index contributed by atoms with van der Waals surface area (Å²) in [6, 6.07) is 0. The van der Waals surface area contributed by atoms with E-state index in [1.807, 2.05) is 0 Å². The van der Waals surface area contributed by atoms with Crippen molar-refractivity contribution in [3.8, 4) is 0 Å².